The largest absolute Gasteiger partial charge is 0.391 e. The number of nitrogens with two attached hydrogens (primary N) is 2. The van der Waals surface area contributed by atoms with Gasteiger partial charge in [0.15, 0.2) is 5.78 Å². The third-order valence-electron chi connectivity index (χ3n) is 4.61. The van der Waals surface area contributed by atoms with Crippen molar-refractivity contribution in [2.75, 3.05) is 13.1 Å². The van der Waals surface area contributed by atoms with Gasteiger partial charge in [-0.3, -0.25) is 14.4 Å². The molecule has 0 bridgehead atoms. The van der Waals surface area contributed by atoms with E-state index in [2.05, 4.69) is 17.6 Å². The van der Waals surface area contributed by atoms with Gasteiger partial charge in [0.2, 0.25) is 11.8 Å². The number of aliphatic hydroxyl groups excluding tert-OH is 1. The smallest absolute Gasteiger partial charge is 0.245 e. The van der Waals surface area contributed by atoms with Gasteiger partial charge in [0.25, 0.3) is 0 Å². The number of hydrogen-bond donors (Lipinski definition) is 5. The number of nitrogens with one attached hydrogen (secondary N) is 2. The number of amides is 2. The van der Waals surface area contributed by atoms with E-state index in [1.54, 1.807) is 6.92 Å². The first-order valence-corrected chi connectivity index (χ1v) is 10.0. The van der Waals surface area contributed by atoms with Gasteiger partial charge in [-0.05, 0) is 38.8 Å². The Labute approximate surface area is 162 Å². The summed E-state index contributed by atoms with van der Waals surface area (Å²) in [5, 5.41) is 15.1. The first kappa shape index (κ1) is 25.5. The van der Waals surface area contributed by atoms with E-state index in [0.29, 0.717) is 13.0 Å². The van der Waals surface area contributed by atoms with Crippen LogP contribution < -0.4 is 22.1 Å². The van der Waals surface area contributed by atoms with E-state index in [1.807, 2.05) is 0 Å². The second kappa shape index (κ2) is 14.5. The predicted octanol–water partition coefficient (Wildman–Crippen LogP) is 0.210. The second-order valence-corrected chi connectivity index (χ2v) is 7.05. The predicted molar refractivity (Wildman–Crippen MR) is 106 cm³/mol. The molecule has 8 nitrogen and oxygen atoms in total. The zero-order valence-electron chi connectivity index (χ0n) is 17.0. The molecular formula is C19H38N4O4. The lowest BCUT2D eigenvalue weighted by atomic mass is 9.97. The van der Waals surface area contributed by atoms with E-state index in [-0.39, 0.29) is 37.0 Å². The normalized spacial score (nSPS) is 15.5. The molecule has 27 heavy (non-hydrogen) atoms. The molecule has 0 aromatic heterocycles. The summed E-state index contributed by atoms with van der Waals surface area (Å²) in [6, 6.07) is -1.84. The van der Waals surface area contributed by atoms with Crippen molar-refractivity contribution >= 4 is 17.6 Å². The maximum atomic E-state index is 12.5. The molecule has 0 radical (unpaired) electrons. The van der Waals surface area contributed by atoms with Crippen LogP contribution in [0.15, 0.2) is 0 Å². The van der Waals surface area contributed by atoms with Crippen LogP contribution in [0.3, 0.4) is 0 Å². The number of ketones is 1. The first-order chi connectivity index (χ1) is 12.8. The fraction of sp³-hybridized carbons (Fsp3) is 0.842. The number of unbranched alkanes of at least 4 members (excludes halogenated alkanes) is 2. The van der Waals surface area contributed by atoms with E-state index in [1.165, 1.54) is 6.92 Å². The highest BCUT2D eigenvalue weighted by Gasteiger charge is 2.29. The molecule has 0 rings (SSSR count). The van der Waals surface area contributed by atoms with Crippen molar-refractivity contribution in [1.29, 1.82) is 0 Å². The molecule has 0 fully saturated rings. The van der Waals surface area contributed by atoms with Gasteiger partial charge in [0, 0.05) is 12.8 Å². The van der Waals surface area contributed by atoms with Crippen LogP contribution in [-0.4, -0.2) is 54.0 Å². The summed E-state index contributed by atoms with van der Waals surface area (Å²) in [5.41, 5.74) is 11.2. The molecule has 1 unspecified atom stereocenters. The van der Waals surface area contributed by atoms with Crippen LogP contribution >= 0.6 is 0 Å². The fourth-order valence-electron chi connectivity index (χ4n) is 2.87. The molecule has 0 aliphatic heterocycles. The number of carbonyl (C=O) groups is 3. The molecule has 0 aliphatic carbocycles. The highest BCUT2D eigenvalue weighted by molar-refractivity contribution is 5.93. The standard InChI is InChI=1S/C19H38N4O4/c1-4-6-7-8-14(12-21)11-17(26)23-18(13(3)24)19(27)22-15(9-10-20)16(25)5-2/h13-15,18,24H,4-12,20-21H2,1-3H3,(H,22,27)(H,23,26)/t13-,14?,15-,18-/m0/s1. The number of rotatable bonds is 15. The van der Waals surface area contributed by atoms with Gasteiger partial charge >= 0.3 is 0 Å². The van der Waals surface area contributed by atoms with Crippen LogP contribution in [0.1, 0.15) is 65.7 Å². The highest BCUT2D eigenvalue weighted by Crippen LogP contribution is 2.13. The molecule has 0 heterocycles. The van der Waals surface area contributed by atoms with Crippen molar-refractivity contribution in [2.45, 2.75) is 83.9 Å². The van der Waals surface area contributed by atoms with Crippen LogP contribution in [0.4, 0.5) is 0 Å². The first-order valence-electron chi connectivity index (χ1n) is 10.0. The molecule has 0 saturated carbocycles. The zero-order chi connectivity index (χ0) is 20.8. The minimum atomic E-state index is -1.13. The van der Waals surface area contributed by atoms with E-state index in [4.69, 9.17) is 11.5 Å². The molecule has 2 amide bonds. The molecule has 7 N–H and O–H groups in total. The summed E-state index contributed by atoms with van der Waals surface area (Å²) in [4.78, 5) is 36.7. The lowest BCUT2D eigenvalue weighted by Crippen LogP contribution is -2.56. The van der Waals surface area contributed by atoms with Crippen LogP contribution in [0.5, 0.6) is 0 Å². The van der Waals surface area contributed by atoms with Crippen LogP contribution in [-0.2, 0) is 14.4 Å². The molecular weight excluding hydrogens is 348 g/mol. The zero-order valence-corrected chi connectivity index (χ0v) is 17.0. The van der Waals surface area contributed by atoms with Gasteiger partial charge in [-0.2, -0.15) is 0 Å². The van der Waals surface area contributed by atoms with Crippen LogP contribution in [0.25, 0.3) is 0 Å². The van der Waals surface area contributed by atoms with E-state index in [9.17, 15) is 19.5 Å². The summed E-state index contributed by atoms with van der Waals surface area (Å²) in [6.07, 6.45) is 3.73. The molecule has 0 aliphatic rings. The summed E-state index contributed by atoms with van der Waals surface area (Å²) < 4.78 is 0. The minimum absolute atomic E-state index is 0.0425. The summed E-state index contributed by atoms with van der Waals surface area (Å²) in [6.45, 7) is 5.88. The van der Waals surface area contributed by atoms with Crippen molar-refractivity contribution < 1.29 is 19.5 Å². The average Bonchev–Trinajstić information content (AvgIpc) is 2.63. The fourth-order valence-corrected chi connectivity index (χ4v) is 2.87. The summed E-state index contributed by atoms with van der Waals surface area (Å²) >= 11 is 0. The monoisotopic (exact) mass is 386 g/mol. The van der Waals surface area contributed by atoms with E-state index in [0.717, 1.165) is 25.7 Å². The Morgan fingerprint density at radius 2 is 1.70 bits per heavy atom. The third kappa shape index (κ3) is 10.4. The van der Waals surface area contributed by atoms with Crippen molar-refractivity contribution in [3.05, 3.63) is 0 Å². The van der Waals surface area contributed by atoms with E-state index < -0.39 is 24.1 Å². The quantitative estimate of drug-likeness (QED) is 0.254. The van der Waals surface area contributed by atoms with Crippen molar-refractivity contribution in [2.24, 2.45) is 17.4 Å². The van der Waals surface area contributed by atoms with Crippen molar-refractivity contribution in [1.82, 2.24) is 10.6 Å². The maximum absolute atomic E-state index is 12.5. The average molecular weight is 387 g/mol. The molecule has 0 saturated heterocycles. The molecule has 0 aromatic carbocycles. The maximum Gasteiger partial charge on any atom is 0.245 e. The number of hydrogen-bond acceptors (Lipinski definition) is 6. The molecule has 8 heteroatoms. The van der Waals surface area contributed by atoms with Crippen molar-refractivity contribution in [3.8, 4) is 0 Å². The van der Waals surface area contributed by atoms with Crippen LogP contribution in [0.2, 0.25) is 0 Å². The molecule has 158 valence electrons. The Balaban J connectivity index is 4.83. The van der Waals surface area contributed by atoms with Crippen LogP contribution in [0, 0.1) is 5.92 Å². The Bertz CT molecular complexity index is 457. The lowest BCUT2D eigenvalue weighted by Gasteiger charge is -2.25. The summed E-state index contributed by atoms with van der Waals surface area (Å²) in [7, 11) is 0. The number of Topliss-reactive ketones (excluding diaryl/α,β-unsaturated/α-hetero) is 1. The molecule has 0 aromatic rings. The topological polar surface area (TPSA) is 148 Å². The van der Waals surface area contributed by atoms with Gasteiger partial charge in [0.05, 0.1) is 12.1 Å². The molecule has 4 atom stereocenters. The highest BCUT2D eigenvalue weighted by atomic mass is 16.3. The Hall–Kier alpha value is -1.51. The van der Waals surface area contributed by atoms with Gasteiger partial charge in [-0.15, -0.1) is 0 Å². The van der Waals surface area contributed by atoms with Gasteiger partial charge < -0.3 is 27.2 Å². The SMILES string of the molecule is CCCCCC(CN)CC(=O)N[C@H](C(=O)N[C@@H](CCN)C(=O)CC)[C@H](C)O. The second-order valence-electron chi connectivity index (χ2n) is 7.05. The third-order valence-corrected chi connectivity index (χ3v) is 4.61. The molecule has 0 spiro atoms. The Morgan fingerprint density at radius 1 is 1.04 bits per heavy atom. The Morgan fingerprint density at radius 3 is 2.19 bits per heavy atom. The van der Waals surface area contributed by atoms with Crippen molar-refractivity contribution in [3.63, 3.8) is 0 Å². The Kier molecular flexibility index (Phi) is 13.7. The van der Waals surface area contributed by atoms with E-state index >= 15 is 0 Å². The number of carbonyl (C=O) groups excluding carboxylic acids is 3. The number of aliphatic hydroxyl groups is 1. The summed E-state index contributed by atoms with van der Waals surface area (Å²) in [5.74, 6) is -1.02. The van der Waals surface area contributed by atoms with Gasteiger partial charge in [-0.1, -0.05) is 33.1 Å². The van der Waals surface area contributed by atoms with Gasteiger partial charge in [-0.25, -0.2) is 0 Å². The van der Waals surface area contributed by atoms with Gasteiger partial charge in [0.1, 0.15) is 6.04 Å². The minimum Gasteiger partial charge on any atom is -0.391 e. The lowest BCUT2D eigenvalue weighted by molar-refractivity contribution is -0.134.